The van der Waals surface area contributed by atoms with Gasteiger partial charge in [-0.25, -0.2) is 69.8 Å². The van der Waals surface area contributed by atoms with Crippen LogP contribution >= 0.6 is 58.0 Å². The van der Waals surface area contributed by atoms with E-state index in [0.29, 0.717) is 43.9 Å². The molecule has 0 unspecified atom stereocenters. The Labute approximate surface area is 787 Å². The zero-order valence-corrected chi connectivity index (χ0v) is 75.5. The van der Waals surface area contributed by atoms with Crippen LogP contribution in [0.5, 0.6) is 0 Å². The number of H-pyrrole nitrogens is 1. The van der Waals surface area contributed by atoms with Crippen molar-refractivity contribution in [2.24, 2.45) is 0 Å². The van der Waals surface area contributed by atoms with Gasteiger partial charge in [0.15, 0.2) is 5.82 Å². The average Bonchev–Trinajstić information content (AvgIpc) is 1.62. The summed E-state index contributed by atoms with van der Waals surface area (Å²) in [5, 5.41) is 12.6. The Morgan fingerprint density at radius 2 is 0.698 bits per heavy atom. The van der Waals surface area contributed by atoms with Crippen LogP contribution in [0.1, 0.15) is 41.9 Å². The fraction of sp³-hybridized carbons (Fsp3) is 0.108. The van der Waals surface area contributed by atoms with Gasteiger partial charge in [0.05, 0.1) is 88.2 Å². The molecule has 0 aliphatic carbocycles. The average molecular weight is 1970 g/mol. The molecule has 0 amide bonds. The topological polar surface area (TPSA) is 249 Å². The number of rotatable bonds is 23. The van der Waals surface area contributed by atoms with Crippen LogP contribution < -0.4 is 0 Å². The number of aryl methyl sites for hydroxylation is 7. The number of nitrogens with one attached hydrogen (secondary N) is 1. The Balaban J connectivity index is 0.000000138. The molecule has 0 bridgehead atoms. The molecule has 0 radical (unpaired) electrons. The monoisotopic (exact) mass is 1960 g/mol. The summed E-state index contributed by atoms with van der Waals surface area (Å²) in [4.78, 5) is 68.1. The Morgan fingerprint density at radius 1 is 0.333 bits per heavy atom. The van der Waals surface area contributed by atoms with E-state index in [2.05, 4.69) is 192 Å². The van der Waals surface area contributed by atoms with Crippen molar-refractivity contribution in [3.63, 3.8) is 0 Å². The molecule has 2 N–H and O–H groups in total. The van der Waals surface area contributed by atoms with Gasteiger partial charge in [0.25, 0.3) is 0 Å². The van der Waals surface area contributed by atoms with Gasteiger partial charge in [0.1, 0.15) is 37.3 Å². The second-order valence-corrected chi connectivity index (χ2v) is 30.6. The maximum Gasteiger partial charge on any atom is 0.186 e. The zero-order valence-electron chi connectivity index (χ0n) is 68.8. The molecule has 27 heteroatoms. The summed E-state index contributed by atoms with van der Waals surface area (Å²) in [6, 6.07) is 89.3. The summed E-state index contributed by atoms with van der Waals surface area (Å²) < 4.78 is 8.45. The van der Waals surface area contributed by atoms with Crippen LogP contribution in [0.25, 0.3) is 113 Å². The number of aromatic amines is 1. The summed E-state index contributed by atoms with van der Waals surface area (Å²) in [5.74, 6) is 6.78. The Hall–Kier alpha value is -13.9. The quantitative estimate of drug-likeness (QED) is 0.0446. The third-order valence-corrected chi connectivity index (χ3v) is 21.4. The first-order valence-electron chi connectivity index (χ1n) is 40.6. The van der Waals surface area contributed by atoms with Crippen LogP contribution in [0.3, 0.4) is 0 Å². The van der Waals surface area contributed by atoms with E-state index in [0.717, 1.165) is 159 Å². The maximum absolute atomic E-state index is 9.15. The smallest absolute Gasteiger partial charge is 0.186 e. The fourth-order valence-electron chi connectivity index (χ4n) is 13.9. The van der Waals surface area contributed by atoms with Gasteiger partial charge in [-0.05, 0) is 145 Å². The number of hydrogen-bond acceptors (Lipinski definition) is 16. The van der Waals surface area contributed by atoms with Crippen molar-refractivity contribution in [2.75, 3.05) is 6.61 Å². The first-order chi connectivity index (χ1) is 62.5. The molecule has 0 spiro atoms. The molecule has 0 aliphatic rings. The third kappa shape index (κ3) is 25.3. The summed E-state index contributed by atoms with van der Waals surface area (Å²) in [6.45, 7) is 3.13. The number of benzene rings is 9. The van der Waals surface area contributed by atoms with Gasteiger partial charge in [-0.3, -0.25) is 0 Å². The maximum atomic E-state index is 9.15. The molecule has 0 aliphatic heterocycles. The molecule has 0 saturated heterocycles. The molecular weight excluding hydrogens is 1880 g/mol. The van der Waals surface area contributed by atoms with E-state index in [1.807, 2.05) is 205 Å². The fourth-order valence-corrected chi connectivity index (χ4v) is 14.6. The SMILES string of the molecule is C.Clc1ccc(-c2c(-c3ccncn3)ncn2CCc2ccccc2)cc1.Clc1ccc(-c2n[c-]n(CCc3ccccc3)c2-c2ccncn2)cc1.Clc1ccc(-c2nc[nH]c2-c2ccncn2)cc1.Clc1ccc(-c2ncn(CCc3ccccc3)c2-c2ccncn2)cc1.OCCC#Cc1nc(-c2ccc(Cl)cc2)c(-c2ccncn2)n1CCc1ccccc1.[W]. The molecule has 0 saturated carbocycles. The minimum Gasteiger partial charge on any atom is -0.445 e. The van der Waals surface area contributed by atoms with Crippen LogP contribution in [-0.4, -0.2) is 110 Å². The van der Waals surface area contributed by atoms with Crippen molar-refractivity contribution < 1.29 is 26.2 Å². The van der Waals surface area contributed by atoms with Gasteiger partial charge in [0, 0.05) is 144 Å². The number of aromatic nitrogens is 20. The van der Waals surface area contributed by atoms with Gasteiger partial charge >= 0.3 is 0 Å². The van der Waals surface area contributed by atoms with E-state index < -0.39 is 0 Å². The second-order valence-electron chi connectivity index (χ2n) is 28.5. The van der Waals surface area contributed by atoms with E-state index in [-0.39, 0.29) is 35.1 Å². The predicted octanol–water partition coefficient (Wildman–Crippen LogP) is 23.0. The number of hydrogen-bond donors (Lipinski definition) is 2. The first-order valence-corrected chi connectivity index (χ1v) is 42.5. The van der Waals surface area contributed by atoms with E-state index in [1.165, 1.54) is 34.9 Å². The zero-order chi connectivity index (χ0) is 87.1. The predicted molar refractivity (Wildman–Crippen MR) is 510 cm³/mol. The largest absolute Gasteiger partial charge is 0.445 e. The molecule has 0 fully saturated rings. The normalized spacial score (nSPS) is 10.5. The van der Waals surface area contributed by atoms with E-state index >= 15 is 0 Å². The van der Waals surface area contributed by atoms with Crippen LogP contribution in [0, 0.1) is 18.2 Å². The van der Waals surface area contributed by atoms with E-state index in [9.17, 15) is 0 Å². The molecule has 21 nitrogen and oxygen atoms in total. The molecule has 19 aromatic rings. The number of aliphatic hydroxyl groups is 1. The third-order valence-electron chi connectivity index (χ3n) is 20.1. The van der Waals surface area contributed by atoms with Crippen molar-refractivity contribution in [3.05, 3.63) is 414 Å². The van der Waals surface area contributed by atoms with Crippen LogP contribution in [0.4, 0.5) is 0 Å². The molecule has 0 atom stereocenters. The van der Waals surface area contributed by atoms with Crippen LogP contribution in [0.2, 0.25) is 25.1 Å². The Bertz CT molecular complexity index is 6500. The van der Waals surface area contributed by atoms with Crippen molar-refractivity contribution >= 4 is 58.0 Å². The van der Waals surface area contributed by atoms with Crippen molar-refractivity contribution in [3.8, 4) is 125 Å². The number of halogens is 5. The van der Waals surface area contributed by atoms with Crippen molar-refractivity contribution in [1.29, 1.82) is 0 Å². The van der Waals surface area contributed by atoms with Gasteiger partial charge in [0.2, 0.25) is 0 Å². The van der Waals surface area contributed by atoms with Gasteiger partial charge < -0.3 is 33.3 Å². The van der Waals surface area contributed by atoms with E-state index in [4.69, 9.17) is 68.1 Å². The van der Waals surface area contributed by atoms with Crippen molar-refractivity contribution in [2.45, 2.75) is 65.7 Å². The number of nitrogens with zero attached hydrogens (tertiary/aromatic N) is 19. The van der Waals surface area contributed by atoms with E-state index in [1.54, 1.807) is 56.3 Å². The summed E-state index contributed by atoms with van der Waals surface area (Å²) in [6.07, 6.45) is 28.9. The van der Waals surface area contributed by atoms with Gasteiger partial charge in [-0.1, -0.05) is 270 Å². The Morgan fingerprint density at radius 3 is 1.13 bits per heavy atom. The molecule has 640 valence electrons. The molecular formula is C102H84Cl5N20OW-. The molecule has 10 heterocycles. The molecule has 10 aromatic heterocycles. The van der Waals surface area contributed by atoms with Crippen LogP contribution in [-0.2, 0) is 72.9 Å². The molecule has 129 heavy (non-hydrogen) atoms. The molecule has 19 rings (SSSR count). The molecule has 9 aromatic carbocycles. The van der Waals surface area contributed by atoms with Gasteiger partial charge in [-0.2, -0.15) is 0 Å². The minimum absolute atomic E-state index is 0. The number of imidazole rings is 5. The van der Waals surface area contributed by atoms with Gasteiger partial charge in [-0.15, -0.1) is 0 Å². The Kier molecular flexibility index (Phi) is 34.2. The van der Waals surface area contributed by atoms with Crippen molar-refractivity contribution in [1.82, 2.24) is 98.0 Å². The minimum atomic E-state index is 0. The first kappa shape index (κ1) is 92.7. The second kappa shape index (κ2) is 47.6. The van der Waals surface area contributed by atoms with Crippen LogP contribution in [0.15, 0.2) is 355 Å². The summed E-state index contributed by atoms with van der Waals surface area (Å²) in [7, 11) is 0. The summed E-state index contributed by atoms with van der Waals surface area (Å²) >= 11 is 30.1. The number of aliphatic hydroxyl groups excluding tert-OH is 1. The standard InChI is InChI=1S/C25H21ClN4O.2C21H17ClN4.C21H16ClN4.C13H9ClN4.CH4.W/c26-21-11-9-20(10-12-21)24-25(22-13-15-27-18-28-22)30(23(29-24)8-4-5-17-31)16-14-19-6-2-1-3-7-19;22-18-8-6-17(7-9-18)21-20(19-10-12-23-14-24-19)25-15-26(21)13-11-16-4-2-1-3-5-16;2*22-18-8-6-17(7-9-18)20-21(19-10-12-23-14-24-19)26(15-25-20)13-11-16-4-2-1-3-5-16;14-10-3-1-9(2-4-10)12-13(18-8-17-12)11-5-6-15-7-16-11;;/h1-3,6-7,9-13,15,18,31H,5,14,16-17H2;2*1-10,12,14-15H,11,13H2;1-10,12,14H,11,13H2;1-8H,(H,17,18);1H4;/q;;;-1;;;. The summed E-state index contributed by atoms with van der Waals surface area (Å²) in [5.41, 5.74) is 23.1.